The third-order valence-electron chi connectivity index (χ3n) is 3.75. The van der Waals surface area contributed by atoms with Gasteiger partial charge >= 0.3 is 6.18 Å². The molecule has 1 N–H and O–H groups in total. The predicted molar refractivity (Wildman–Crippen MR) is 95.2 cm³/mol. The molecule has 5 nitrogen and oxygen atoms in total. The van der Waals surface area contributed by atoms with Crippen molar-refractivity contribution in [2.75, 3.05) is 11.4 Å². The van der Waals surface area contributed by atoms with E-state index in [4.69, 9.17) is 11.6 Å². The van der Waals surface area contributed by atoms with Gasteiger partial charge in [-0.15, -0.1) is 0 Å². The number of carbonyl (C=O) groups excluding carboxylic acids is 2. The van der Waals surface area contributed by atoms with Crippen LogP contribution in [-0.4, -0.2) is 23.3 Å². The minimum Gasteiger partial charge on any atom is -0.352 e. The van der Waals surface area contributed by atoms with Gasteiger partial charge in [0.15, 0.2) is 0 Å². The number of amides is 2. The summed E-state index contributed by atoms with van der Waals surface area (Å²) in [6.45, 7) is 1.38. The van der Waals surface area contributed by atoms with E-state index in [2.05, 4.69) is 10.3 Å². The average Bonchev–Trinajstić information content (AvgIpc) is 2.61. The fraction of sp³-hybridized carbons (Fsp3) is 0.278. The predicted octanol–water partition coefficient (Wildman–Crippen LogP) is 3.81. The third kappa shape index (κ3) is 5.96. The Morgan fingerprint density at radius 1 is 1.19 bits per heavy atom. The summed E-state index contributed by atoms with van der Waals surface area (Å²) in [7, 11) is 0. The quantitative estimate of drug-likeness (QED) is 0.803. The van der Waals surface area contributed by atoms with Gasteiger partial charge in [-0.05, 0) is 35.9 Å². The van der Waals surface area contributed by atoms with Crippen molar-refractivity contribution in [1.82, 2.24) is 10.3 Å². The summed E-state index contributed by atoms with van der Waals surface area (Å²) in [6, 6.07) is 6.21. The molecular formula is C18H17ClF3N3O2. The Balaban J connectivity index is 2.05. The second-order valence-corrected chi connectivity index (χ2v) is 6.12. The summed E-state index contributed by atoms with van der Waals surface area (Å²) in [5, 5.41) is 2.67. The number of carbonyl (C=O) groups is 2. The maximum atomic E-state index is 12.9. The third-order valence-corrected chi connectivity index (χ3v) is 4.07. The van der Waals surface area contributed by atoms with E-state index in [-0.39, 0.29) is 36.1 Å². The molecule has 9 heteroatoms. The molecule has 2 rings (SSSR count). The molecule has 0 aliphatic heterocycles. The summed E-state index contributed by atoms with van der Waals surface area (Å²) < 4.78 is 38.8. The Morgan fingerprint density at radius 2 is 1.85 bits per heavy atom. The number of rotatable bonds is 6. The molecule has 0 aliphatic rings. The molecule has 0 atom stereocenters. The average molecular weight is 400 g/mol. The van der Waals surface area contributed by atoms with E-state index in [0.29, 0.717) is 0 Å². The molecule has 0 radical (unpaired) electrons. The second kappa shape index (κ2) is 8.85. The van der Waals surface area contributed by atoms with E-state index < -0.39 is 17.6 Å². The summed E-state index contributed by atoms with van der Waals surface area (Å²) in [6.07, 6.45) is -1.47. The van der Waals surface area contributed by atoms with Gasteiger partial charge in [0.2, 0.25) is 11.8 Å². The lowest BCUT2D eigenvalue weighted by atomic mass is 10.1. The van der Waals surface area contributed by atoms with Crippen LogP contribution in [0.2, 0.25) is 5.02 Å². The summed E-state index contributed by atoms with van der Waals surface area (Å²) >= 11 is 5.97. The van der Waals surface area contributed by atoms with Gasteiger partial charge in [0.05, 0.1) is 16.3 Å². The van der Waals surface area contributed by atoms with Gasteiger partial charge in [-0.1, -0.05) is 11.6 Å². The van der Waals surface area contributed by atoms with Crippen molar-refractivity contribution in [2.45, 2.75) is 26.1 Å². The fourth-order valence-electron chi connectivity index (χ4n) is 2.35. The number of pyridine rings is 1. The van der Waals surface area contributed by atoms with Crippen molar-refractivity contribution in [1.29, 1.82) is 0 Å². The van der Waals surface area contributed by atoms with Gasteiger partial charge in [0.25, 0.3) is 0 Å². The van der Waals surface area contributed by atoms with Gasteiger partial charge in [-0.25, -0.2) is 0 Å². The standard InChI is InChI=1S/C18H17ClF3N3O2/c1-12(26)25(16-10-14(18(20,21)22)2-3-15(16)19)9-6-17(27)24-11-13-4-7-23-8-5-13/h2-5,7-8,10H,6,9,11H2,1H3,(H,24,27). The Kier molecular flexibility index (Phi) is 6.79. The van der Waals surface area contributed by atoms with Gasteiger partial charge < -0.3 is 10.2 Å². The molecule has 0 bridgehead atoms. The number of hydrogen-bond acceptors (Lipinski definition) is 3. The first kappa shape index (κ1) is 20.7. The summed E-state index contributed by atoms with van der Waals surface area (Å²) in [5.74, 6) is -0.862. The van der Waals surface area contributed by atoms with Crippen molar-refractivity contribution in [3.05, 3.63) is 58.9 Å². The molecule has 0 fully saturated rings. The van der Waals surface area contributed by atoms with Crippen LogP contribution in [0.1, 0.15) is 24.5 Å². The number of alkyl halides is 3. The van der Waals surface area contributed by atoms with Crippen molar-refractivity contribution >= 4 is 29.1 Å². The minimum atomic E-state index is -4.57. The highest BCUT2D eigenvalue weighted by molar-refractivity contribution is 6.33. The number of hydrogen-bond donors (Lipinski definition) is 1. The molecule has 0 unspecified atom stereocenters. The number of halogens is 4. The van der Waals surface area contributed by atoms with Gasteiger partial charge in [-0.2, -0.15) is 13.2 Å². The van der Waals surface area contributed by atoms with Gasteiger partial charge in [0, 0.05) is 38.8 Å². The Bertz CT molecular complexity index is 813. The Morgan fingerprint density at radius 3 is 2.44 bits per heavy atom. The summed E-state index contributed by atoms with van der Waals surface area (Å²) in [5.41, 5.74) is -0.154. The smallest absolute Gasteiger partial charge is 0.352 e. The van der Waals surface area contributed by atoms with E-state index in [0.717, 1.165) is 28.7 Å². The van der Waals surface area contributed by atoms with E-state index in [9.17, 15) is 22.8 Å². The SMILES string of the molecule is CC(=O)N(CCC(=O)NCc1ccncc1)c1cc(C(F)(F)F)ccc1Cl. The number of benzene rings is 1. The van der Waals surface area contributed by atoms with Crippen LogP contribution in [0, 0.1) is 0 Å². The highest BCUT2D eigenvalue weighted by atomic mass is 35.5. The van der Waals surface area contributed by atoms with Crippen molar-refractivity contribution in [2.24, 2.45) is 0 Å². The number of aromatic nitrogens is 1. The first-order valence-corrected chi connectivity index (χ1v) is 8.36. The highest BCUT2D eigenvalue weighted by Crippen LogP contribution is 2.35. The lowest BCUT2D eigenvalue weighted by Gasteiger charge is -2.23. The minimum absolute atomic E-state index is 0.00427. The molecule has 1 heterocycles. The number of anilines is 1. The molecule has 0 spiro atoms. The zero-order chi connectivity index (χ0) is 20.0. The molecule has 0 saturated heterocycles. The molecule has 0 aliphatic carbocycles. The van der Waals surface area contributed by atoms with Gasteiger partial charge in [-0.3, -0.25) is 14.6 Å². The molecule has 2 amide bonds. The van der Waals surface area contributed by atoms with Crippen LogP contribution in [0.25, 0.3) is 0 Å². The molecule has 1 aromatic heterocycles. The lowest BCUT2D eigenvalue weighted by Crippen LogP contribution is -2.34. The fourth-order valence-corrected chi connectivity index (χ4v) is 2.57. The van der Waals surface area contributed by atoms with Crippen molar-refractivity contribution in [3.63, 3.8) is 0 Å². The zero-order valence-corrected chi connectivity index (χ0v) is 15.1. The van der Waals surface area contributed by atoms with Crippen LogP contribution in [-0.2, 0) is 22.3 Å². The van der Waals surface area contributed by atoms with Crippen LogP contribution in [0.3, 0.4) is 0 Å². The maximum absolute atomic E-state index is 12.9. The molecule has 27 heavy (non-hydrogen) atoms. The highest BCUT2D eigenvalue weighted by Gasteiger charge is 2.32. The monoisotopic (exact) mass is 399 g/mol. The first-order valence-electron chi connectivity index (χ1n) is 7.99. The maximum Gasteiger partial charge on any atom is 0.416 e. The number of nitrogens with zero attached hydrogens (tertiary/aromatic N) is 2. The van der Waals surface area contributed by atoms with E-state index >= 15 is 0 Å². The molecular weight excluding hydrogens is 383 g/mol. The molecule has 1 aromatic carbocycles. The van der Waals surface area contributed by atoms with Crippen LogP contribution in [0.4, 0.5) is 18.9 Å². The van der Waals surface area contributed by atoms with Crippen LogP contribution in [0.15, 0.2) is 42.7 Å². The largest absolute Gasteiger partial charge is 0.416 e. The van der Waals surface area contributed by atoms with Crippen molar-refractivity contribution in [3.8, 4) is 0 Å². The second-order valence-electron chi connectivity index (χ2n) is 5.72. The zero-order valence-electron chi connectivity index (χ0n) is 14.4. The van der Waals surface area contributed by atoms with Crippen LogP contribution >= 0.6 is 11.6 Å². The Labute approximate surface area is 159 Å². The van der Waals surface area contributed by atoms with Gasteiger partial charge in [0.1, 0.15) is 0 Å². The molecule has 0 saturated carbocycles. The summed E-state index contributed by atoms with van der Waals surface area (Å²) in [4.78, 5) is 28.8. The van der Waals surface area contributed by atoms with Crippen LogP contribution in [0.5, 0.6) is 0 Å². The first-order chi connectivity index (χ1) is 12.7. The molecule has 2 aromatic rings. The van der Waals surface area contributed by atoms with Crippen LogP contribution < -0.4 is 10.2 Å². The van der Waals surface area contributed by atoms with E-state index in [1.165, 1.54) is 6.92 Å². The normalized spacial score (nSPS) is 11.1. The molecule has 144 valence electrons. The Hall–Kier alpha value is -2.61. The van der Waals surface area contributed by atoms with E-state index in [1.54, 1.807) is 24.5 Å². The van der Waals surface area contributed by atoms with E-state index in [1.807, 2.05) is 0 Å². The topological polar surface area (TPSA) is 62.3 Å². The van der Waals surface area contributed by atoms with Crippen molar-refractivity contribution < 1.29 is 22.8 Å². The number of nitrogens with one attached hydrogen (secondary N) is 1. The lowest BCUT2D eigenvalue weighted by molar-refractivity contribution is -0.137.